The van der Waals surface area contributed by atoms with Crippen molar-refractivity contribution in [2.75, 3.05) is 13.3 Å². The zero-order chi connectivity index (χ0) is 13.2. The Bertz CT molecular complexity index is 496. The van der Waals surface area contributed by atoms with Gasteiger partial charge in [-0.05, 0) is 46.5 Å². The van der Waals surface area contributed by atoms with Crippen LogP contribution in [0.3, 0.4) is 0 Å². The summed E-state index contributed by atoms with van der Waals surface area (Å²) in [5.74, 6) is 1.57. The van der Waals surface area contributed by atoms with Gasteiger partial charge in [0.15, 0.2) is 11.5 Å². The molecule has 0 fully saturated rings. The van der Waals surface area contributed by atoms with Gasteiger partial charge < -0.3 is 20.5 Å². The molecular formula is C14H17BrN2O2. The lowest BCUT2D eigenvalue weighted by molar-refractivity contribution is 0.173. The van der Waals surface area contributed by atoms with Gasteiger partial charge in [-0.25, -0.2) is 0 Å². The molecule has 0 amide bonds. The van der Waals surface area contributed by atoms with Crippen molar-refractivity contribution in [3.8, 4) is 11.5 Å². The second-order valence-corrected chi connectivity index (χ2v) is 5.69. The molecule has 4 nitrogen and oxygen atoms in total. The number of fused-ring (bicyclic) bond motifs is 1. The molecule has 0 bridgehead atoms. The quantitative estimate of drug-likeness (QED) is 0.835. The predicted molar refractivity (Wildman–Crippen MR) is 77.4 cm³/mol. The minimum atomic E-state index is 0.135. The summed E-state index contributed by atoms with van der Waals surface area (Å²) >= 11 is 3.52. The molecule has 1 aromatic carbocycles. The molecule has 1 heterocycles. The van der Waals surface area contributed by atoms with Crippen LogP contribution in [0, 0.1) is 0 Å². The number of halogens is 1. The van der Waals surface area contributed by atoms with E-state index in [4.69, 9.17) is 15.2 Å². The molecule has 3 N–H and O–H groups in total. The van der Waals surface area contributed by atoms with E-state index in [0.29, 0.717) is 12.6 Å². The van der Waals surface area contributed by atoms with E-state index in [9.17, 15) is 0 Å². The van der Waals surface area contributed by atoms with Crippen LogP contribution in [-0.2, 0) is 0 Å². The van der Waals surface area contributed by atoms with Crippen molar-refractivity contribution in [1.82, 2.24) is 5.32 Å². The third-order valence-electron chi connectivity index (χ3n) is 3.53. The Morgan fingerprint density at radius 3 is 2.84 bits per heavy atom. The van der Waals surface area contributed by atoms with E-state index >= 15 is 0 Å². The Labute approximate surface area is 121 Å². The Balaban J connectivity index is 1.81. The number of benzene rings is 1. The maximum absolute atomic E-state index is 5.91. The second kappa shape index (κ2) is 5.53. The van der Waals surface area contributed by atoms with Crippen LogP contribution < -0.4 is 20.5 Å². The third kappa shape index (κ3) is 2.63. The Kier molecular flexibility index (Phi) is 3.77. The first-order chi connectivity index (χ1) is 9.28. The SMILES string of the molecule is NCC(NC1CC=CC1)c1cc(Br)c2c(c1)OCO2. The Morgan fingerprint density at radius 2 is 2.11 bits per heavy atom. The lowest BCUT2D eigenvalue weighted by Crippen LogP contribution is -2.35. The van der Waals surface area contributed by atoms with Crippen molar-refractivity contribution >= 4 is 15.9 Å². The first kappa shape index (κ1) is 13.0. The molecule has 0 spiro atoms. The monoisotopic (exact) mass is 324 g/mol. The van der Waals surface area contributed by atoms with Gasteiger partial charge in [-0.1, -0.05) is 12.2 Å². The van der Waals surface area contributed by atoms with Crippen LogP contribution in [0.5, 0.6) is 11.5 Å². The molecule has 0 aromatic heterocycles. The van der Waals surface area contributed by atoms with Gasteiger partial charge in [0.1, 0.15) is 0 Å². The van der Waals surface area contributed by atoms with Crippen molar-refractivity contribution < 1.29 is 9.47 Å². The summed E-state index contributed by atoms with van der Waals surface area (Å²) in [6.45, 7) is 0.841. The highest BCUT2D eigenvalue weighted by molar-refractivity contribution is 9.10. The van der Waals surface area contributed by atoms with E-state index in [2.05, 4.69) is 39.5 Å². The van der Waals surface area contributed by atoms with Crippen LogP contribution in [0.25, 0.3) is 0 Å². The number of hydrogen-bond donors (Lipinski definition) is 2. The molecule has 0 saturated heterocycles. The maximum atomic E-state index is 5.91. The van der Waals surface area contributed by atoms with Gasteiger partial charge in [-0.2, -0.15) is 0 Å². The molecule has 1 aliphatic heterocycles. The highest BCUT2D eigenvalue weighted by Crippen LogP contribution is 2.41. The summed E-state index contributed by atoms with van der Waals surface area (Å²) < 4.78 is 11.8. The minimum Gasteiger partial charge on any atom is -0.454 e. The zero-order valence-corrected chi connectivity index (χ0v) is 12.2. The van der Waals surface area contributed by atoms with Crippen molar-refractivity contribution in [3.05, 3.63) is 34.3 Å². The molecule has 1 aromatic rings. The Morgan fingerprint density at radius 1 is 1.32 bits per heavy atom. The summed E-state index contributed by atoms with van der Waals surface area (Å²) in [6.07, 6.45) is 6.56. The number of ether oxygens (including phenoxy) is 2. The molecule has 2 aliphatic rings. The van der Waals surface area contributed by atoms with E-state index in [1.165, 1.54) is 0 Å². The fraction of sp³-hybridized carbons (Fsp3) is 0.429. The van der Waals surface area contributed by atoms with Crippen LogP contribution in [0.15, 0.2) is 28.8 Å². The summed E-state index contributed by atoms with van der Waals surface area (Å²) in [6, 6.07) is 4.69. The van der Waals surface area contributed by atoms with Crippen molar-refractivity contribution in [3.63, 3.8) is 0 Å². The molecular weight excluding hydrogens is 308 g/mol. The second-order valence-electron chi connectivity index (χ2n) is 4.83. The van der Waals surface area contributed by atoms with Crippen LogP contribution in [-0.4, -0.2) is 19.4 Å². The molecule has 3 rings (SSSR count). The Hall–Kier alpha value is -1.04. The largest absolute Gasteiger partial charge is 0.454 e. The highest BCUT2D eigenvalue weighted by atomic mass is 79.9. The maximum Gasteiger partial charge on any atom is 0.231 e. The first-order valence-corrected chi connectivity index (χ1v) is 7.27. The van der Waals surface area contributed by atoms with Gasteiger partial charge in [-0.3, -0.25) is 0 Å². The van der Waals surface area contributed by atoms with Crippen molar-refractivity contribution in [2.24, 2.45) is 5.73 Å². The fourth-order valence-corrected chi connectivity index (χ4v) is 3.10. The minimum absolute atomic E-state index is 0.135. The van der Waals surface area contributed by atoms with Crippen LogP contribution in [0.4, 0.5) is 0 Å². The topological polar surface area (TPSA) is 56.5 Å². The first-order valence-electron chi connectivity index (χ1n) is 6.48. The summed E-state index contributed by atoms with van der Waals surface area (Å²) in [5.41, 5.74) is 7.04. The molecule has 102 valence electrons. The number of hydrogen-bond acceptors (Lipinski definition) is 4. The summed E-state index contributed by atoms with van der Waals surface area (Å²) in [7, 11) is 0. The molecule has 1 atom stereocenters. The van der Waals surface area contributed by atoms with Crippen LogP contribution in [0.2, 0.25) is 0 Å². The van der Waals surface area contributed by atoms with E-state index in [-0.39, 0.29) is 12.8 Å². The molecule has 1 unspecified atom stereocenters. The molecule has 0 radical (unpaired) electrons. The van der Waals surface area contributed by atoms with E-state index in [1.54, 1.807) is 0 Å². The van der Waals surface area contributed by atoms with Gasteiger partial charge in [-0.15, -0.1) is 0 Å². The third-order valence-corrected chi connectivity index (χ3v) is 4.12. The van der Waals surface area contributed by atoms with Crippen molar-refractivity contribution in [1.29, 1.82) is 0 Å². The summed E-state index contributed by atoms with van der Waals surface area (Å²) in [5, 5.41) is 3.60. The molecule has 0 saturated carbocycles. The summed E-state index contributed by atoms with van der Waals surface area (Å²) in [4.78, 5) is 0. The van der Waals surface area contributed by atoms with Crippen LogP contribution in [0.1, 0.15) is 24.4 Å². The molecule has 19 heavy (non-hydrogen) atoms. The normalized spacial score (nSPS) is 19.1. The molecule has 5 heteroatoms. The predicted octanol–water partition coefficient (Wildman–Crippen LogP) is 2.49. The highest BCUT2D eigenvalue weighted by Gasteiger charge is 2.22. The van der Waals surface area contributed by atoms with E-state index in [1.807, 2.05) is 6.07 Å². The standard InChI is InChI=1S/C14H17BrN2O2/c15-11-5-9(6-13-14(11)19-8-18-13)12(7-16)17-10-3-1-2-4-10/h1-2,5-6,10,12,17H,3-4,7-8,16H2. The average Bonchev–Trinajstić information content (AvgIpc) is 3.06. The van der Waals surface area contributed by atoms with Gasteiger partial charge >= 0.3 is 0 Å². The van der Waals surface area contributed by atoms with Gasteiger partial charge in [0.2, 0.25) is 6.79 Å². The number of nitrogens with one attached hydrogen (secondary N) is 1. The smallest absolute Gasteiger partial charge is 0.231 e. The van der Waals surface area contributed by atoms with E-state index in [0.717, 1.165) is 34.4 Å². The number of rotatable bonds is 4. The van der Waals surface area contributed by atoms with Crippen LogP contribution >= 0.6 is 15.9 Å². The lowest BCUT2D eigenvalue weighted by atomic mass is 10.0. The van der Waals surface area contributed by atoms with Gasteiger partial charge in [0, 0.05) is 18.6 Å². The lowest BCUT2D eigenvalue weighted by Gasteiger charge is -2.22. The molecule has 1 aliphatic carbocycles. The van der Waals surface area contributed by atoms with Crippen molar-refractivity contribution in [2.45, 2.75) is 24.9 Å². The average molecular weight is 325 g/mol. The van der Waals surface area contributed by atoms with E-state index < -0.39 is 0 Å². The number of nitrogens with two attached hydrogens (primary N) is 1. The van der Waals surface area contributed by atoms with Gasteiger partial charge in [0.25, 0.3) is 0 Å². The fourth-order valence-electron chi connectivity index (χ4n) is 2.53. The zero-order valence-electron chi connectivity index (χ0n) is 10.6. The van der Waals surface area contributed by atoms with Gasteiger partial charge in [0.05, 0.1) is 4.47 Å².